The molecule has 2 nitrogen and oxygen atoms in total. The molecule has 0 radical (unpaired) electrons. The van der Waals surface area contributed by atoms with Gasteiger partial charge in [0, 0.05) is 6.42 Å². The van der Waals surface area contributed by atoms with Crippen LogP contribution in [0.4, 0.5) is 0 Å². The quantitative estimate of drug-likeness (QED) is 0.799. The van der Waals surface area contributed by atoms with Gasteiger partial charge in [0.05, 0.1) is 5.60 Å². The highest BCUT2D eigenvalue weighted by molar-refractivity contribution is 5.31. The van der Waals surface area contributed by atoms with Crippen LogP contribution in [0.25, 0.3) is 0 Å². The predicted octanol–water partition coefficient (Wildman–Crippen LogP) is 2.21. The summed E-state index contributed by atoms with van der Waals surface area (Å²) in [6.45, 7) is 6.94. The van der Waals surface area contributed by atoms with Crippen molar-refractivity contribution < 1.29 is 5.11 Å². The lowest BCUT2D eigenvalue weighted by molar-refractivity contribution is 0.0519. The number of hydrogen-bond acceptors (Lipinski definition) is 2. The van der Waals surface area contributed by atoms with Gasteiger partial charge in [0.15, 0.2) is 0 Å². The van der Waals surface area contributed by atoms with Crippen LogP contribution < -0.4 is 5.32 Å². The lowest BCUT2D eigenvalue weighted by Crippen LogP contribution is -2.31. The minimum atomic E-state index is -0.623. The van der Waals surface area contributed by atoms with Crippen molar-refractivity contribution in [1.29, 1.82) is 0 Å². The van der Waals surface area contributed by atoms with E-state index in [9.17, 15) is 5.11 Å². The van der Waals surface area contributed by atoms with Gasteiger partial charge in [-0.1, -0.05) is 23.8 Å². The summed E-state index contributed by atoms with van der Waals surface area (Å²) in [7, 11) is 1.91. The molecule has 0 aromatic heterocycles. The van der Waals surface area contributed by atoms with E-state index in [-0.39, 0.29) is 0 Å². The van der Waals surface area contributed by atoms with E-state index in [1.807, 2.05) is 14.0 Å². The molecule has 0 fully saturated rings. The molecule has 0 aliphatic carbocycles. The summed E-state index contributed by atoms with van der Waals surface area (Å²) in [5.74, 6) is 0. The first-order valence-electron chi connectivity index (χ1n) is 5.88. The molecule has 0 heterocycles. The van der Waals surface area contributed by atoms with Gasteiger partial charge in [-0.05, 0) is 51.9 Å². The monoisotopic (exact) mass is 221 g/mol. The molecule has 0 saturated carbocycles. The van der Waals surface area contributed by atoms with Crippen molar-refractivity contribution >= 4 is 0 Å². The Morgan fingerprint density at radius 3 is 2.62 bits per heavy atom. The average Bonchev–Trinajstić information content (AvgIpc) is 2.20. The molecule has 90 valence electrons. The second-order valence-electron chi connectivity index (χ2n) is 4.96. The van der Waals surface area contributed by atoms with E-state index < -0.39 is 5.60 Å². The Kier molecular flexibility index (Phi) is 4.51. The van der Waals surface area contributed by atoms with E-state index in [0.717, 1.165) is 19.4 Å². The van der Waals surface area contributed by atoms with Crippen LogP contribution in [0.1, 0.15) is 30.0 Å². The first kappa shape index (κ1) is 13.2. The van der Waals surface area contributed by atoms with Crippen LogP contribution in [0.5, 0.6) is 0 Å². The van der Waals surface area contributed by atoms with E-state index in [2.05, 4.69) is 37.4 Å². The molecule has 0 saturated heterocycles. The van der Waals surface area contributed by atoms with Crippen LogP contribution in [0.3, 0.4) is 0 Å². The highest BCUT2D eigenvalue weighted by Gasteiger charge is 2.20. The fourth-order valence-corrected chi connectivity index (χ4v) is 1.88. The Morgan fingerprint density at radius 1 is 1.31 bits per heavy atom. The minimum Gasteiger partial charge on any atom is -0.390 e. The highest BCUT2D eigenvalue weighted by Crippen LogP contribution is 2.20. The summed E-state index contributed by atoms with van der Waals surface area (Å²) in [5.41, 5.74) is 3.14. The summed E-state index contributed by atoms with van der Waals surface area (Å²) < 4.78 is 0. The molecule has 1 unspecified atom stereocenters. The van der Waals surface area contributed by atoms with Crippen molar-refractivity contribution in [2.24, 2.45) is 0 Å². The minimum absolute atomic E-state index is 0.623. The smallest absolute Gasteiger partial charge is 0.0672 e. The maximum absolute atomic E-state index is 10.3. The summed E-state index contributed by atoms with van der Waals surface area (Å²) >= 11 is 0. The molecule has 2 N–H and O–H groups in total. The van der Waals surface area contributed by atoms with E-state index in [0.29, 0.717) is 0 Å². The molecule has 1 aromatic rings. The van der Waals surface area contributed by atoms with Crippen LogP contribution in [0, 0.1) is 13.8 Å². The molecule has 0 aliphatic rings. The number of rotatable bonds is 5. The normalized spacial score (nSPS) is 14.8. The SMILES string of the molecule is CNCCC(C)(O)Cc1cc(C)ccc1C. The Hall–Kier alpha value is -0.860. The van der Waals surface area contributed by atoms with Crippen LogP contribution in [-0.2, 0) is 6.42 Å². The molecular formula is C14H23NO. The van der Waals surface area contributed by atoms with Gasteiger partial charge in [-0.2, -0.15) is 0 Å². The van der Waals surface area contributed by atoms with E-state index >= 15 is 0 Å². The lowest BCUT2D eigenvalue weighted by Gasteiger charge is -2.24. The van der Waals surface area contributed by atoms with E-state index in [4.69, 9.17) is 0 Å². The zero-order chi connectivity index (χ0) is 12.2. The second kappa shape index (κ2) is 5.46. The summed E-state index contributed by atoms with van der Waals surface area (Å²) in [4.78, 5) is 0. The fraction of sp³-hybridized carbons (Fsp3) is 0.571. The molecule has 0 aliphatic heterocycles. The average molecular weight is 221 g/mol. The van der Waals surface area contributed by atoms with Crippen LogP contribution in [0.15, 0.2) is 18.2 Å². The van der Waals surface area contributed by atoms with Gasteiger partial charge >= 0.3 is 0 Å². The molecule has 2 heteroatoms. The first-order valence-corrected chi connectivity index (χ1v) is 5.88. The number of hydrogen-bond donors (Lipinski definition) is 2. The largest absolute Gasteiger partial charge is 0.390 e. The molecule has 1 atom stereocenters. The van der Waals surface area contributed by atoms with Crippen molar-refractivity contribution in [3.05, 3.63) is 34.9 Å². The fourth-order valence-electron chi connectivity index (χ4n) is 1.88. The van der Waals surface area contributed by atoms with Crippen molar-refractivity contribution in [1.82, 2.24) is 5.32 Å². The summed E-state index contributed by atoms with van der Waals surface area (Å²) in [6.07, 6.45) is 1.50. The number of benzene rings is 1. The third kappa shape index (κ3) is 3.95. The van der Waals surface area contributed by atoms with E-state index in [1.165, 1.54) is 16.7 Å². The van der Waals surface area contributed by atoms with Crippen molar-refractivity contribution in [3.8, 4) is 0 Å². The van der Waals surface area contributed by atoms with Crippen LogP contribution in [0.2, 0.25) is 0 Å². The Bertz CT molecular complexity index is 345. The van der Waals surface area contributed by atoms with Crippen LogP contribution >= 0.6 is 0 Å². The van der Waals surface area contributed by atoms with Gasteiger partial charge in [-0.3, -0.25) is 0 Å². The molecule has 0 amide bonds. The number of nitrogens with one attached hydrogen (secondary N) is 1. The van der Waals surface area contributed by atoms with Gasteiger partial charge in [0.2, 0.25) is 0 Å². The van der Waals surface area contributed by atoms with Gasteiger partial charge in [0.1, 0.15) is 0 Å². The Balaban J connectivity index is 2.74. The molecule has 0 spiro atoms. The maximum Gasteiger partial charge on any atom is 0.0672 e. The Morgan fingerprint density at radius 2 is 2.00 bits per heavy atom. The second-order valence-corrected chi connectivity index (χ2v) is 4.96. The molecular weight excluding hydrogens is 198 g/mol. The van der Waals surface area contributed by atoms with Crippen molar-refractivity contribution in [2.75, 3.05) is 13.6 Å². The zero-order valence-corrected chi connectivity index (χ0v) is 10.8. The molecule has 1 aromatic carbocycles. The van der Waals surface area contributed by atoms with Gasteiger partial charge in [0.25, 0.3) is 0 Å². The first-order chi connectivity index (χ1) is 7.44. The van der Waals surface area contributed by atoms with E-state index in [1.54, 1.807) is 0 Å². The van der Waals surface area contributed by atoms with Gasteiger partial charge in [-0.25, -0.2) is 0 Å². The van der Waals surface area contributed by atoms with Gasteiger partial charge < -0.3 is 10.4 Å². The standard InChI is InChI=1S/C14H23NO/c1-11-5-6-12(2)13(9-11)10-14(3,16)7-8-15-4/h5-6,9,15-16H,7-8,10H2,1-4H3. The zero-order valence-electron chi connectivity index (χ0n) is 10.8. The molecule has 1 rings (SSSR count). The summed E-state index contributed by atoms with van der Waals surface area (Å²) in [6, 6.07) is 6.41. The molecule has 16 heavy (non-hydrogen) atoms. The predicted molar refractivity (Wildman–Crippen MR) is 68.8 cm³/mol. The third-order valence-corrected chi connectivity index (χ3v) is 2.99. The van der Waals surface area contributed by atoms with Gasteiger partial charge in [-0.15, -0.1) is 0 Å². The summed E-state index contributed by atoms with van der Waals surface area (Å²) in [5, 5.41) is 13.3. The third-order valence-electron chi connectivity index (χ3n) is 2.99. The number of aliphatic hydroxyl groups is 1. The number of aryl methyl sites for hydroxylation is 2. The topological polar surface area (TPSA) is 32.3 Å². The van der Waals surface area contributed by atoms with Crippen LogP contribution in [-0.4, -0.2) is 24.3 Å². The molecule has 0 bridgehead atoms. The Labute approximate surface area is 98.7 Å². The van der Waals surface area contributed by atoms with Crippen molar-refractivity contribution in [2.45, 2.75) is 39.2 Å². The van der Waals surface area contributed by atoms with Crippen molar-refractivity contribution in [3.63, 3.8) is 0 Å². The highest BCUT2D eigenvalue weighted by atomic mass is 16.3. The maximum atomic E-state index is 10.3. The lowest BCUT2D eigenvalue weighted by atomic mass is 9.90.